The lowest BCUT2D eigenvalue weighted by molar-refractivity contribution is -0.150. The van der Waals surface area contributed by atoms with E-state index in [1.807, 2.05) is 11.8 Å². The summed E-state index contributed by atoms with van der Waals surface area (Å²) in [4.78, 5) is 25.8. The minimum Gasteiger partial charge on any atom is -0.480 e. The minimum absolute atomic E-state index is 0.0868. The van der Waals surface area contributed by atoms with Crippen LogP contribution in [0.5, 0.6) is 0 Å². The van der Waals surface area contributed by atoms with Crippen LogP contribution < -0.4 is 0 Å². The van der Waals surface area contributed by atoms with Crippen molar-refractivity contribution >= 4 is 23.6 Å². The van der Waals surface area contributed by atoms with Gasteiger partial charge in [-0.2, -0.15) is 11.8 Å². The van der Waals surface area contributed by atoms with E-state index in [4.69, 9.17) is 0 Å². The molecule has 2 aliphatic heterocycles. The molecule has 0 bridgehead atoms. The Bertz CT molecular complexity index is 395. The van der Waals surface area contributed by atoms with Gasteiger partial charge in [-0.05, 0) is 54.9 Å². The van der Waals surface area contributed by atoms with Crippen LogP contribution in [0, 0.1) is 17.8 Å². The van der Waals surface area contributed by atoms with Crippen molar-refractivity contribution in [2.45, 2.75) is 44.6 Å². The number of carbonyl (C=O) groups is 2. The number of hydrogen-bond acceptors (Lipinski definition) is 3. The number of carbonyl (C=O) groups excluding carboxylic acids is 1. The highest BCUT2D eigenvalue weighted by Crippen LogP contribution is 2.42. The number of hydrogen-bond donors (Lipinski definition) is 1. The fraction of sp³-hybridized carbons (Fsp3) is 0.867. The molecule has 1 N–H and O–H groups in total. The van der Waals surface area contributed by atoms with Crippen molar-refractivity contribution in [3.63, 3.8) is 0 Å². The van der Waals surface area contributed by atoms with Gasteiger partial charge in [0.15, 0.2) is 0 Å². The number of carboxylic acid groups (broad SMARTS) is 1. The molecule has 3 atom stereocenters. The van der Waals surface area contributed by atoms with Crippen LogP contribution in [0.4, 0.5) is 0 Å². The van der Waals surface area contributed by atoms with Gasteiger partial charge in [0.05, 0.1) is 0 Å². The number of amides is 1. The maximum Gasteiger partial charge on any atom is 0.326 e. The summed E-state index contributed by atoms with van der Waals surface area (Å²) in [6.45, 7) is 0.682. The molecule has 5 heteroatoms. The molecule has 0 spiro atoms. The SMILES string of the molecule is O=C(O)C1C2CCCC2CN1C(=O)CC1CCSCC1. The van der Waals surface area contributed by atoms with Crippen LogP contribution in [0.25, 0.3) is 0 Å². The molecule has 3 rings (SSSR count). The highest BCUT2D eigenvalue weighted by atomic mass is 32.2. The van der Waals surface area contributed by atoms with Crippen molar-refractivity contribution in [2.24, 2.45) is 17.8 Å². The first-order chi connectivity index (χ1) is 9.66. The first kappa shape index (κ1) is 14.2. The average molecular weight is 297 g/mol. The summed E-state index contributed by atoms with van der Waals surface area (Å²) >= 11 is 1.96. The fourth-order valence-corrected chi connectivity index (χ4v) is 5.40. The molecule has 1 aliphatic carbocycles. The summed E-state index contributed by atoms with van der Waals surface area (Å²) in [5, 5.41) is 9.49. The zero-order chi connectivity index (χ0) is 14.1. The Morgan fingerprint density at radius 2 is 1.90 bits per heavy atom. The zero-order valence-corrected chi connectivity index (χ0v) is 12.6. The number of fused-ring (bicyclic) bond motifs is 1. The molecule has 3 unspecified atom stereocenters. The third-order valence-electron chi connectivity index (χ3n) is 5.27. The molecule has 3 fully saturated rings. The Labute approximate surface area is 124 Å². The molecule has 1 saturated carbocycles. The monoisotopic (exact) mass is 297 g/mol. The Hall–Kier alpha value is -0.710. The van der Waals surface area contributed by atoms with Crippen LogP contribution in [-0.2, 0) is 9.59 Å². The fourth-order valence-electron chi connectivity index (χ4n) is 4.19. The first-order valence-electron chi connectivity index (χ1n) is 7.77. The predicted octanol–water partition coefficient (Wildman–Crippen LogP) is 2.23. The van der Waals surface area contributed by atoms with Crippen LogP contribution in [0.2, 0.25) is 0 Å². The van der Waals surface area contributed by atoms with E-state index in [9.17, 15) is 14.7 Å². The normalized spacial score (nSPS) is 34.2. The zero-order valence-electron chi connectivity index (χ0n) is 11.8. The van der Waals surface area contributed by atoms with Gasteiger partial charge in [-0.3, -0.25) is 4.79 Å². The van der Waals surface area contributed by atoms with Crippen molar-refractivity contribution in [3.05, 3.63) is 0 Å². The van der Waals surface area contributed by atoms with E-state index in [-0.39, 0.29) is 11.8 Å². The van der Waals surface area contributed by atoms with Crippen LogP contribution in [0.3, 0.4) is 0 Å². The van der Waals surface area contributed by atoms with Crippen molar-refractivity contribution in [3.8, 4) is 0 Å². The molecule has 2 heterocycles. The number of rotatable bonds is 3. The smallest absolute Gasteiger partial charge is 0.326 e. The molecule has 112 valence electrons. The second-order valence-corrected chi connectivity index (χ2v) is 7.67. The molecule has 4 nitrogen and oxygen atoms in total. The number of carboxylic acids is 1. The summed E-state index contributed by atoms with van der Waals surface area (Å²) in [5.41, 5.74) is 0. The second-order valence-electron chi connectivity index (χ2n) is 6.44. The van der Waals surface area contributed by atoms with Gasteiger partial charge in [-0.15, -0.1) is 0 Å². The van der Waals surface area contributed by atoms with Gasteiger partial charge >= 0.3 is 5.97 Å². The van der Waals surface area contributed by atoms with Gasteiger partial charge in [-0.25, -0.2) is 4.79 Å². The van der Waals surface area contributed by atoms with Crippen molar-refractivity contribution in [1.82, 2.24) is 4.90 Å². The predicted molar refractivity (Wildman–Crippen MR) is 78.6 cm³/mol. The van der Waals surface area contributed by atoms with E-state index in [0.29, 0.717) is 24.8 Å². The highest BCUT2D eigenvalue weighted by Gasteiger charge is 2.49. The number of nitrogens with zero attached hydrogens (tertiary/aromatic N) is 1. The van der Waals surface area contributed by atoms with Crippen molar-refractivity contribution in [2.75, 3.05) is 18.1 Å². The molecule has 20 heavy (non-hydrogen) atoms. The summed E-state index contributed by atoms with van der Waals surface area (Å²) < 4.78 is 0. The van der Waals surface area contributed by atoms with E-state index >= 15 is 0 Å². The average Bonchev–Trinajstić information content (AvgIpc) is 2.98. The van der Waals surface area contributed by atoms with Crippen LogP contribution >= 0.6 is 11.8 Å². The molecular weight excluding hydrogens is 274 g/mol. The highest BCUT2D eigenvalue weighted by molar-refractivity contribution is 7.99. The molecule has 0 aromatic rings. The summed E-state index contributed by atoms with van der Waals surface area (Å²) in [7, 11) is 0. The van der Waals surface area contributed by atoms with Gasteiger partial charge in [0.25, 0.3) is 0 Å². The van der Waals surface area contributed by atoms with Crippen LogP contribution in [0.1, 0.15) is 38.5 Å². The lowest BCUT2D eigenvalue weighted by atomic mass is 9.94. The third kappa shape index (κ3) is 2.69. The third-order valence-corrected chi connectivity index (χ3v) is 6.32. The Kier molecular flexibility index (Phi) is 4.24. The number of likely N-dealkylation sites (tertiary alicyclic amines) is 1. The van der Waals surface area contributed by atoms with E-state index in [2.05, 4.69) is 0 Å². The molecule has 2 saturated heterocycles. The molecular formula is C15H23NO3S. The largest absolute Gasteiger partial charge is 0.480 e. The maximum atomic E-state index is 12.5. The second kappa shape index (κ2) is 5.96. The lowest BCUT2D eigenvalue weighted by Gasteiger charge is -2.27. The summed E-state index contributed by atoms with van der Waals surface area (Å²) in [6, 6.07) is -0.548. The lowest BCUT2D eigenvalue weighted by Crippen LogP contribution is -2.44. The Morgan fingerprint density at radius 1 is 1.15 bits per heavy atom. The number of aliphatic carboxylic acids is 1. The minimum atomic E-state index is -0.799. The molecule has 0 aromatic carbocycles. The molecule has 1 amide bonds. The summed E-state index contributed by atoms with van der Waals surface area (Å²) in [6.07, 6.45) is 5.97. The summed E-state index contributed by atoms with van der Waals surface area (Å²) in [5.74, 6) is 2.69. The van der Waals surface area contributed by atoms with Crippen LogP contribution in [-0.4, -0.2) is 46.0 Å². The van der Waals surface area contributed by atoms with Crippen molar-refractivity contribution in [1.29, 1.82) is 0 Å². The molecule has 0 aromatic heterocycles. The molecule has 3 aliphatic rings. The quantitative estimate of drug-likeness (QED) is 0.868. The number of thioether (sulfide) groups is 1. The maximum absolute atomic E-state index is 12.5. The van der Waals surface area contributed by atoms with Gasteiger partial charge in [0, 0.05) is 13.0 Å². The topological polar surface area (TPSA) is 57.6 Å². The van der Waals surface area contributed by atoms with E-state index in [1.165, 1.54) is 0 Å². The Morgan fingerprint density at radius 3 is 2.60 bits per heavy atom. The van der Waals surface area contributed by atoms with E-state index < -0.39 is 12.0 Å². The van der Waals surface area contributed by atoms with Gasteiger partial charge < -0.3 is 10.0 Å². The van der Waals surface area contributed by atoms with E-state index in [0.717, 1.165) is 43.6 Å². The van der Waals surface area contributed by atoms with Gasteiger partial charge in [-0.1, -0.05) is 6.42 Å². The van der Waals surface area contributed by atoms with E-state index in [1.54, 1.807) is 4.90 Å². The van der Waals surface area contributed by atoms with Gasteiger partial charge in [0.2, 0.25) is 5.91 Å². The first-order valence-corrected chi connectivity index (χ1v) is 8.92. The van der Waals surface area contributed by atoms with Crippen LogP contribution in [0.15, 0.2) is 0 Å². The Balaban J connectivity index is 1.65. The van der Waals surface area contributed by atoms with Gasteiger partial charge in [0.1, 0.15) is 6.04 Å². The van der Waals surface area contributed by atoms with Crippen molar-refractivity contribution < 1.29 is 14.7 Å². The molecule has 0 radical (unpaired) electrons. The standard InChI is InChI=1S/C15H23NO3S/c17-13(8-10-4-6-20-7-5-10)16-9-11-2-1-3-12(11)14(16)15(18)19/h10-12,14H,1-9H2,(H,18,19).